The van der Waals surface area contributed by atoms with Crippen molar-refractivity contribution < 1.29 is 5.11 Å². The van der Waals surface area contributed by atoms with E-state index in [4.69, 9.17) is 9.97 Å². The fraction of sp³-hybridized carbons (Fsp3) is 0.0909. The molecule has 8 rings (SSSR count). The Labute approximate surface area is 275 Å². The van der Waals surface area contributed by atoms with Crippen LogP contribution in [0, 0.1) is 20.8 Å². The second-order valence-electron chi connectivity index (χ2n) is 12.6. The smallest absolute Gasteiger partial charge is 0.124 e. The van der Waals surface area contributed by atoms with Crippen molar-refractivity contribution in [3.8, 4) is 50.5 Å². The van der Waals surface area contributed by atoms with Gasteiger partial charge in [0.2, 0.25) is 0 Å². The standard InChI is InChI=1S/C44H34N2O/c1-28-23-29(2)43(30(3)24-28)32-26-39(46-40(27-32)36-17-6-9-20-41(36)47)31-13-12-14-33(25-31)44(42-21-10-11-22-45-42)37-18-7-4-15-34(37)35-16-5-8-19-38(35)44/h4-27,47H,1-3H3. The van der Waals surface area contributed by atoms with Crippen LogP contribution >= 0.6 is 0 Å². The molecular weight excluding hydrogens is 572 g/mol. The summed E-state index contributed by atoms with van der Waals surface area (Å²) in [7, 11) is 0. The third-order valence-electron chi connectivity index (χ3n) is 9.56. The highest BCUT2D eigenvalue weighted by atomic mass is 16.3. The topological polar surface area (TPSA) is 46.0 Å². The first-order valence-corrected chi connectivity index (χ1v) is 16.1. The quantitative estimate of drug-likeness (QED) is 0.212. The van der Waals surface area contributed by atoms with E-state index in [1.54, 1.807) is 6.07 Å². The van der Waals surface area contributed by atoms with E-state index in [0.29, 0.717) is 5.56 Å². The summed E-state index contributed by atoms with van der Waals surface area (Å²) in [5.74, 6) is 0.211. The number of para-hydroxylation sites is 1. The average molecular weight is 607 g/mol. The summed E-state index contributed by atoms with van der Waals surface area (Å²) in [6.45, 7) is 6.47. The highest BCUT2D eigenvalue weighted by Crippen LogP contribution is 2.55. The maximum atomic E-state index is 10.9. The van der Waals surface area contributed by atoms with Gasteiger partial charge >= 0.3 is 0 Å². The van der Waals surface area contributed by atoms with E-state index in [0.717, 1.165) is 33.8 Å². The van der Waals surface area contributed by atoms with Crippen LogP contribution < -0.4 is 0 Å². The Balaban J connectivity index is 1.40. The van der Waals surface area contributed by atoms with Gasteiger partial charge in [0.1, 0.15) is 5.75 Å². The molecule has 0 bridgehead atoms. The van der Waals surface area contributed by atoms with Gasteiger partial charge in [-0.25, -0.2) is 4.98 Å². The zero-order chi connectivity index (χ0) is 32.1. The van der Waals surface area contributed by atoms with Crippen LogP contribution in [-0.2, 0) is 5.41 Å². The predicted molar refractivity (Wildman–Crippen MR) is 192 cm³/mol. The van der Waals surface area contributed by atoms with Crippen molar-refractivity contribution in [1.29, 1.82) is 0 Å². The van der Waals surface area contributed by atoms with Crippen LogP contribution in [0.25, 0.3) is 44.8 Å². The van der Waals surface area contributed by atoms with Gasteiger partial charge in [-0.05, 0) is 113 Å². The van der Waals surface area contributed by atoms with Crippen LogP contribution in [0.2, 0.25) is 0 Å². The molecule has 0 fully saturated rings. The number of nitrogens with zero attached hydrogens (tertiary/aromatic N) is 2. The number of hydrogen-bond acceptors (Lipinski definition) is 3. The number of benzene rings is 5. The molecule has 2 aromatic heterocycles. The molecule has 7 aromatic rings. The summed E-state index contributed by atoms with van der Waals surface area (Å²) >= 11 is 0. The van der Waals surface area contributed by atoms with E-state index in [-0.39, 0.29) is 5.75 Å². The molecule has 3 heteroatoms. The molecule has 0 atom stereocenters. The van der Waals surface area contributed by atoms with Gasteiger partial charge in [0.05, 0.1) is 22.5 Å². The molecule has 3 nitrogen and oxygen atoms in total. The largest absolute Gasteiger partial charge is 0.507 e. The van der Waals surface area contributed by atoms with Crippen LogP contribution in [0.1, 0.15) is 39.1 Å². The number of hydrogen-bond donors (Lipinski definition) is 1. The van der Waals surface area contributed by atoms with Gasteiger partial charge in [-0.3, -0.25) is 4.98 Å². The van der Waals surface area contributed by atoms with Gasteiger partial charge in [0, 0.05) is 17.3 Å². The van der Waals surface area contributed by atoms with Gasteiger partial charge in [-0.2, -0.15) is 0 Å². The first-order valence-electron chi connectivity index (χ1n) is 16.1. The Morgan fingerprint density at radius 2 is 1.15 bits per heavy atom. The monoisotopic (exact) mass is 606 g/mol. The third-order valence-corrected chi connectivity index (χ3v) is 9.56. The van der Waals surface area contributed by atoms with Crippen LogP contribution in [0.3, 0.4) is 0 Å². The lowest BCUT2D eigenvalue weighted by Gasteiger charge is -2.33. The van der Waals surface area contributed by atoms with Crippen LogP contribution in [-0.4, -0.2) is 15.1 Å². The fourth-order valence-corrected chi connectivity index (χ4v) is 7.75. The lowest BCUT2D eigenvalue weighted by atomic mass is 9.69. The van der Waals surface area contributed by atoms with Crippen molar-refractivity contribution in [2.75, 3.05) is 0 Å². The second kappa shape index (κ2) is 11.2. The predicted octanol–water partition coefficient (Wildman–Crippen LogP) is 10.5. The Hall–Kier alpha value is -5.80. The Morgan fingerprint density at radius 3 is 1.81 bits per heavy atom. The number of phenolic OH excluding ortho intramolecular Hbond substituents is 1. The molecule has 47 heavy (non-hydrogen) atoms. The average Bonchev–Trinajstić information content (AvgIpc) is 3.40. The molecule has 0 saturated heterocycles. The van der Waals surface area contributed by atoms with E-state index >= 15 is 0 Å². The van der Waals surface area contributed by atoms with Crippen molar-refractivity contribution in [2.45, 2.75) is 26.2 Å². The molecule has 1 N–H and O–H groups in total. The van der Waals surface area contributed by atoms with Crippen molar-refractivity contribution in [1.82, 2.24) is 9.97 Å². The Kier molecular flexibility index (Phi) is 6.84. The van der Waals surface area contributed by atoms with Gasteiger partial charge in [0.25, 0.3) is 0 Å². The lowest BCUT2D eigenvalue weighted by molar-refractivity contribution is 0.477. The van der Waals surface area contributed by atoms with E-state index in [1.165, 1.54) is 44.5 Å². The van der Waals surface area contributed by atoms with E-state index < -0.39 is 5.41 Å². The minimum Gasteiger partial charge on any atom is -0.507 e. The molecule has 0 spiro atoms. The number of fused-ring (bicyclic) bond motifs is 3. The fourth-order valence-electron chi connectivity index (χ4n) is 7.75. The van der Waals surface area contributed by atoms with Crippen molar-refractivity contribution in [2.24, 2.45) is 0 Å². The van der Waals surface area contributed by atoms with Crippen molar-refractivity contribution >= 4 is 0 Å². The summed E-state index contributed by atoms with van der Waals surface area (Å²) in [6.07, 6.45) is 1.89. The second-order valence-corrected chi connectivity index (χ2v) is 12.6. The summed E-state index contributed by atoms with van der Waals surface area (Å²) in [5, 5.41) is 10.9. The number of phenols is 1. The molecule has 0 unspecified atom stereocenters. The molecular formula is C44H34N2O. The van der Waals surface area contributed by atoms with Gasteiger partial charge in [-0.1, -0.05) is 103 Å². The molecule has 5 aromatic carbocycles. The van der Waals surface area contributed by atoms with Gasteiger partial charge < -0.3 is 5.11 Å². The summed E-state index contributed by atoms with van der Waals surface area (Å²) < 4.78 is 0. The first kappa shape index (κ1) is 28.7. The molecule has 0 aliphatic heterocycles. The number of aryl methyl sites for hydroxylation is 3. The molecule has 0 amide bonds. The Morgan fingerprint density at radius 1 is 0.532 bits per heavy atom. The Bertz CT molecular complexity index is 2240. The summed E-state index contributed by atoms with van der Waals surface area (Å²) in [4.78, 5) is 10.2. The highest BCUT2D eigenvalue weighted by molar-refractivity contribution is 5.87. The number of aromatic nitrogens is 2. The van der Waals surface area contributed by atoms with E-state index in [1.807, 2.05) is 30.5 Å². The van der Waals surface area contributed by atoms with Crippen molar-refractivity contribution in [3.05, 3.63) is 185 Å². The minimum atomic E-state index is -0.604. The first-order chi connectivity index (χ1) is 22.9. The molecule has 1 aliphatic rings. The van der Waals surface area contributed by atoms with Gasteiger partial charge in [0.15, 0.2) is 0 Å². The molecule has 226 valence electrons. The minimum absolute atomic E-state index is 0.211. The summed E-state index contributed by atoms with van der Waals surface area (Å²) in [5.41, 5.74) is 15.6. The SMILES string of the molecule is Cc1cc(C)c(-c2cc(-c3cccc(C4(c5ccccn5)c5ccccc5-c5ccccc54)c3)nc(-c3ccccc3O)c2)c(C)c1. The highest BCUT2D eigenvalue weighted by Gasteiger charge is 2.47. The molecule has 0 radical (unpaired) electrons. The zero-order valence-electron chi connectivity index (χ0n) is 26.7. The van der Waals surface area contributed by atoms with Gasteiger partial charge in [-0.15, -0.1) is 0 Å². The number of aromatic hydroxyl groups is 1. The summed E-state index contributed by atoms with van der Waals surface area (Å²) in [6, 6.07) is 48.6. The van der Waals surface area contributed by atoms with E-state index in [9.17, 15) is 5.11 Å². The number of pyridine rings is 2. The van der Waals surface area contributed by atoms with Crippen LogP contribution in [0.15, 0.2) is 146 Å². The zero-order valence-corrected chi connectivity index (χ0v) is 26.7. The maximum Gasteiger partial charge on any atom is 0.124 e. The molecule has 2 heterocycles. The van der Waals surface area contributed by atoms with E-state index in [2.05, 4.69) is 130 Å². The molecule has 0 saturated carbocycles. The lowest BCUT2D eigenvalue weighted by Crippen LogP contribution is -2.29. The van der Waals surface area contributed by atoms with Crippen molar-refractivity contribution in [3.63, 3.8) is 0 Å². The number of rotatable bonds is 5. The molecule has 1 aliphatic carbocycles. The normalized spacial score (nSPS) is 12.8. The van der Waals surface area contributed by atoms with Crippen LogP contribution in [0.5, 0.6) is 5.75 Å². The maximum absolute atomic E-state index is 10.9. The third kappa shape index (κ3) is 4.58. The van der Waals surface area contributed by atoms with Crippen LogP contribution in [0.4, 0.5) is 0 Å².